The molecule has 6 nitrogen and oxygen atoms in total. The highest BCUT2D eigenvalue weighted by Gasteiger charge is 2.13. The Balaban J connectivity index is 1.64. The van der Waals surface area contributed by atoms with E-state index in [-0.39, 0.29) is 12.5 Å². The zero-order valence-corrected chi connectivity index (χ0v) is 13.8. The molecule has 0 aliphatic carbocycles. The first kappa shape index (κ1) is 15.4. The summed E-state index contributed by atoms with van der Waals surface area (Å²) < 4.78 is 0. The molecule has 0 saturated carbocycles. The second-order valence-electron chi connectivity index (χ2n) is 5.39. The first-order valence-electron chi connectivity index (χ1n) is 7.22. The first-order chi connectivity index (χ1) is 11.1. The summed E-state index contributed by atoms with van der Waals surface area (Å²) in [5.74, 6) is 0.474. The van der Waals surface area contributed by atoms with Gasteiger partial charge in [0.25, 0.3) is 0 Å². The number of aryl methyl sites for hydroxylation is 1. The highest BCUT2D eigenvalue weighted by atomic mass is 32.1. The van der Waals surface area contributed by atoms with Crippen molar-refractivity contribution in [2.45, 2.75) is 20.0 Å². The van der Waals surface area contributed by atoms with E-state index >= 15 is 0 Å². The van der Waals surface area contributed by atoms with Gasteiger partial charge in [0.15, 0.2) is 0 Å². The third-order valence-corrected chi connectivity index (χ3v) is 4.20. The minimum atomic E-state index is -0.0518. The molecule has 0 atom stereocenters. The molecule has 1 aromatic carbocycles. The summed E-state index contributed by atoms with van der Waals surface area (Å²) in [4.78, 5) is 15.2. The topological polar surface area (TPSA) is 63.9 Å². The van der Waals surface area contributed by atoms with E-state index in [1.807, 2.05) is 48.0 Å². The monoisotopic (exact) mass is 327 g/mol. The van der Waals surface area contributed by atoms with Gasteiger partial charge in [0, 0.05) is 19.2 Å². The number of carbonyl (C=O) groups is 1. The van der Waals surface area contributed by atoms with Gasteiger partial charge in [0.2, 0.25) is 11.7 Å². The SMILES string of the molecule is Cc1ccc(-c2nnn(CC(=O)N(C)Cc3ccsc3)n2)cc1. The van der Waals surface area contributed by atoms with Crippen molar-refractivity contribution in [3.63, 3.8) is 0 Å². The third kappa shape index (κ3) is 3.81. The third-order valence-electron chi connectivity index (χ3n) is 3.46. The maximum atomic E-state index is 12.2. The molecule has 0 aliphatic rings. The van der Waals surface area contributed by atoms with E-state index in [9.17, 15) is 4.79 Å². The first-order valence-corrected chi connectivity index (χ1v) is 8.16. The van der Waals surface area contributed by atoms with Gasteiger partial charge in [-0.2, -0.15) is 16.1 Å². The lowest BCUT2D eigenvalue weighted by atomic mass is 10.1. The van der Waals surface area contributed by atoms with Crippen molar-refractivity contribution in [1.29, 1.82) is 0 Å². The van der Waals surface area contributed by atoms with Crippen LogP contribution in [0.5, 0.6) is 0 Å². The molecule has 0 radical (unpaired) electrons. The normalized spacial score (nSPS) is 10.7. The van der Waals surface area contributed by atoms with Gasteiger partial charge >= 0.3 is 0 Å². The molecule has 118 valence electrons. The highest BCUT2D eigenvalue weighted by molar-refractivity contribution is 7.07. The summed E-state index contributed by atoms with van der Waals surface area (Å²) in [5, 5.41) is 16.3. The fraction of sp³-hybridized carbons (Fsp3) is 0.250. The second kappa shape index (κ2) is 6.70. The molecular weight excluding hydrogens is 310 g/mol. The van der Waals surface area contributed by atoms with Crippen LogP contribution in [0.4, 0.5) is 0 Å². The summed E-state index contributed by atoms with van der Waals surface area (Å²) in [5.41, 5.74) is 3.19. The maximum absolute atomic E-state index is 12.2. The van der Waals surface area contributed by atoms with Crippen LogP contribution in [0.3, 0.4) is 0 Å². The van der Waals surface area contributed by atoms with Gasteiger partial charge in [-0.15, -0.1) is 10.2 Å². The molecule has 0 bridgehead atoms. The molecule has 23 heavy (non-hydrogen) atoms. The Kier molecular flexibility index (Phi) is 4.47. The van der Waals surface area contributed by atoms with Crippen molar-refractivity contribution in [3.05, 3.63) is 52.2 Å². The van der Waals surface area contributed by atoms with Crippen LogP contribution in [0.1, 0.15) is 11.1 Å². The maximum Gasteiger partial charge on any atom is 0.246 e. The number of hydrogen-bond donors (Lipinski definition) is 0. The summed E-state index contributed by atoms with van der Waals surface area (Å²) in [6.07, 6.45) is 0. The number of thiophene rings is 1. The Morgan fingerprint density at radius 3 is 2.74 bits per heavy atom. The number of likely N-dealkylation sites (N-methyl/N-ethyl adjacent to an activating group) is 1. The number of carbonyl (C=O) groups excluding carboxylic acids is 1. The van der Waals surface area contributed by atoms with Crippen LogP contribution in [0, 0.1) is 6.92 Å². The van der Waals surface area contributed by atoms with Crippen LogP contribution in [-0.4, -0.2) is 38.1 Å². The zero-order valence-electron chi connectivity index (χ0n) is 13.0. The van der Waals surface area contributed by atoms with Crippen molar-refractivity contribution in [2.24, 2.45) is 0 Å². The standard InChI is InChI=1S/C16H17N5OS/c1-12-3-5-14(6-4-12)16-17-19-21(18-16)10-15(22)20(2)9-13-7-8-23-11-13/h3-8,11H,9-10H2,1-2H3. The zero-order chi connectivity index (χ0) is 16.2. The summed E-state index contributed by atoms with van der Waals surface area (Å²) in [7, 11) is 1.78. The van der Waals surface area contributed by atoms with Crippen molar-refractivity contribution in [1.82, 2.24) is 25.1 Å². The molecule has 0 unspecified atom stereocenters. The number of amides is 1. The number of rotatable bonds is 5. The smallest absolute Gasteiger partial charge is 0.246 e. The number of hydrogen-bond acceptors (Lipinski definition) is 5. The van der Waals surface area contributed by atoms with E-state index in [1.165, 1.54) is 10.4 Å². The van der Waals surface area contributed by atoms with Crippen LogP contribution < -0.4 is 0 Å². The molecule has 2 heterocycles. The highest BCUT2D eigenvalue weighted by Crippen LogP contribution is 2.14. The van der Waals surface area contributed by atoms with Gasteiger partial charge < -0.3 is 4.90 Å². The van der Waals surface area contributed by atoms with Crippen LogP contribution in [-0.2, 0) is 17.9 Å². The minimum Gasteiger partial charge on any atom is -0.340 e. The van der Waals surface area contributed by atoms with Gasteiger partial charge in [-0.25, -0.2) is 0 Å². The van der Waals surface area contributed by atoms with Crippen LogP contribution in [0.25, 0.3) is 11.4 Å². The van der Waals surface area contributed by atoms with Gasteiger partial charge in [-0.3, -0.25) is 4.79 Å². The average Bonchev–Trinajstić information content (AvgIpc) is 3.20. The van der Waals surface area contributed by atoms with Crippen LogP contribution >= 0.6 is 11.3 Å². The largest absolute Gasteiger partial charge is 0.340 e. The van der Waals surface area contributed by atoms with Crippen LogP contribution in [0.15, 0.2) is 41.1 Å². The molecular formula is C16H17N5OS. The Labute approximate surface area is 138 Å². The number of aromatic nitrogens is 4. The van der Waals surface area contributed by atoms with E-state index < -0.39 is 0 Å². The summed E-state index contributed by atoms with van der Waals surface area (Å²) in [6, 6.07) is 9.89. The molecule has 0 fully saturated rings. The molecule has 0 spiro atoms. The van der Waals surface area contributed by atoms with E-state index in [2.05, 4.69) is 15.4 Å². The van der Waals surface area contributed by atoms with Gasteiger partial charge in [-0.1, -0.05) is 29.8 Å². The number of nitrogens with zero attached hydrogens (tertiary/aromatic N) is 5. The lowest BCUT2D eigenvalue weighted by Gasteiger charge is -2.15. The van der Waals surface area contributed by atoms with E-state index in [0.29, 0.717) is 12.4 Å². The van der Waals surface area contributed by atoms with Gasteiger partial charge in [0.1, 0.15) is 6.54 Å². The van der Waals surface area contributed by atoms with Crippen molar-refractivity contribution in [3.8, 4) is 11.4 Å². The Morgan fingerprint density at radius 2 is 2.04 bits per heavy atom. The molecule has 2 aromatic heterocycles. The number of benzene rings is 1. The second-order valence-corrected chi connectivity index (χ2v) is 6.17. The molecule has 0 saturated heterocycles. The van der Waals surface area contributed by atoms with Crippen molar-refractivity contribution >= 4 is 17.2 Å². The molecule has 0 aliphatic heterocycles. The summed E-state index contributed by atoms with van der Waals surface area (Å²) in [6.45, 7) is 2.69. The Morgan fingerprint density at radius 1 is 1.26 bits per heavy atom. The number of tetrazole rings is 1. The lowest BCUT2D eigenvalue weighted by molar-refractivity contribution is -0.131. The van der Waals surface area contributed by atoms with E-state index in [0.717, 1.165) is 11.1 Å². The molecule has 3 aromatic rings. The Hall–Kier alpha value is -2.54. The van der Waals surface area contributed by atoms with E-state index in [4.69, 9.17) is 0 Å². The predicted octanol–water partition coefficient (Wildman–Crippen LogP) is 2.37. The fourth-order valence-corrected chi connectivity index (χ4v) is 2.77. The quantitative estimate of drug-likeness (QED) is 0.722. The van der Waals surface area contributed by atoms with E-state index in [1.54, 1.807) is 23.3 Å². The molecule has 7 heteroatoms. The lowest BCUT2D eigenvalue weighted by Crippen LogP contribution is -2.30. The average molecular weight is 327 g/mol. The van der Waals surface area contributed by atoms with Gasteiger partial charge in [0.05, 0.1) is 0 Å². The van der Waals surface area contributed by atoms with Crippen LogP contribution in [0.2, 0.25) is 0 Å². The van der Waals surface area contributed by atoms with Crippen molar-refractivity contribution < 1.29 is 4.79 Å². The van der Waals surface area contributed by atoms with Gasteiger partial charge in [-0.05, 0) is 34.5 Å². The molecule has 0 N–H and O–H groups in total. The molecule has 1 amide bonds. The summed E-state index contributed by atoms with van der Waals surface area (Å²) >= 11 is 1.62. The minimum absolute atomic E-state index is 0.0518. The predicted molar refractivity (Wildman–Crippen MR) is 88.8 cm³/mol. The fourth-order valence-electron chi connectivity index (χ4n) is 2.11. The Bertz CT molecular complexity index is 779. The molecule has 3 rings (SSSR count). The van der Waals surface area contributed by atoms with Crippen molar-refractivity contribution in [2.75, 3.05) is 7.05 Å².